The van der Waals surface area contributed by atoms with Crippen LogP contribution in [0.25, 0.3) is 0 Å². The van der Waals surface area contributed by atoms with Gasteiger partial charge in [-0.1, -0.05) is 225 Å². The Morgan fingerprint density at radius 1 is 0.311 bits per heavy atom. The summed E-state index contributed by atoms with van der Waals surface area (Å²) < 4.78 is 16.8. The number of hydrogen-bond acceptors (Lipinski definition) is 6. The van der Waals surface area contributed by atoms with Gasteiger partial charge in [0, 0.05) is 19.3 Å². The molecule has 0 aromatic rings. The zero-order valence-electron chi connectivity index (χ0n) is 40.9. The summed E-state index contributed by atoms with van der Waals surface area (Å²) in [4.78, 5) is 37.8. The second-order valence-corrected chi connectivity index (χ2v) is 18.1. The minimum Gasteiger partial charge on any atom is -0.462 e. The highest BCUT2D eigenvalue weighted by Crippen LogP contribution is 2.15. The number of rotatable bonds is 49. The molecule has 0 aliphatic rings. The quantitative estimate of drug-likeness (QED) is 0.0262. The molecule has 0 aliphatic heterocycles. The lowest BCUT2D eigenvalue weighted by Gasteiger charge is -2.18. The summed E-state index contributed by atoms with van der Waals surface area (Å²) in [5.74, 6) is -0.874. The van der Waals surface area contributed by atoms with Crippen LogP contribution in [0.5, 0.6) is 0 Å². The number of unbranched alkanes of at least 4 members (excludes halogenated alkanes) is 34. The van der Waals surface area contributed by atoms with Crippen molar-refractivity contribution in [3.63, 3.8) is 0 Å². The third-order valence-corrected chi connectivity index (χ3v) is 11.9. The zero-order chi connectivity index (χ0) is 44.4. The van der Waals surface area contributed by atoms with Crippen LogP contribution in [0.4, 0.5) is 0 Å². The van der Waals surface area contributed by atoms with Crippen LogP contribution in [0.1, 0.15) is 290 Å². The molecule has 0 aromatic heterocycles. The van der Waals surface area contributed by atoms with Crippen LogP contribution in [-0.2, 0) is 28.6 Å². The fourth-order valence-corrected chi connectivity index (χ4v) is 7.84. The summed E-state index contributed by atoms with van der Waals surface area (Å²) in [6.45, 7) is 6.61. The molecule has 6 nitrogen and oxygen atoms in total. The maximum Gasteiger partial charge on any atom is 0.306 e. The molecule has 1 atom stereocenters. The van der Waals surface area contributed by atoms with E-state index in [1.54, 1.807) is 0 Å². The number of allylic oxidation sites excluding steroid dienone is 4. The van der Waals surface area contributed by atoms with E-state index in [1.807, 2.05) is 0 Å². The van der Waals surface area contributed by atoms with Gasteiger partial charge in [-0.05, 0) is 70.6 Å². The summed E-state index contributed by atoms with van der Waals surface area (Å²) in [7, 11) is 0. The smallest absolute Gasteiger partial charge is 0.306 e. The fourth-order valence-electron chi connectivity index (χ4n) is 7.84. The molecule has 0 amide bonds. The molecule has 0 aliphatic carbocycles. The van der Waals surface area contributed by atoms with Crippen molar-refractivity contribution in [2.24, 2.45) is 0 Å². The highest BCUT2D eigenvalue weighted by molar-refractivity contribution is 5.71. The Kier molecular flexibility index (Phi) is 48.8. The van der Waals surface area contributed by atoms with Gasteiger partial charge in [0.05, 0.1) is 0 Å². The first-order valence-electron chi connectivity index (χ1n) is 26.8. The van der Waals surface area contributed by atoms with Crippen LogP contribution in [0.15, 0.2) is 24.3 Å². The molecule has 0 aromatic carbocycles. The van der Waals surface area contributed by atoms with Crippen molar-refractivity contribution in [3.8, 4) is 0 Å². The van der Waals surface area contributed by atoms with E-state index in [2.05, 4.69) is 45.1 Å². The molecular formula is C55H102O6. The van der Waals surface area contributed by atoms with E-state index >= 15 is 0 Å². The molecular weight excluding hydrogens is 757 g/mol. The summed E-state index contributed by atoms with van der Waals surface area (Å²) >= 11 is 0. The number of hydrogen-bond donors (Lipinski definition) is 0. The van der Waals surface area contributed by atoms with Gasteiger partial charge in [0.2, 0.25) is 0 Å². The maximum absolute atomic E-state index is 12.8. The molecule has 0 spiro atoms. The van der Waals surface area contributed by atoms with E-state index in [0.717, 1.165) is 57.8 Å². The Morgan fingerprint density at radius 3 is 0.820 bits per heavy atom. The molecule has 0 radical (unpaired) electrons. The first-order valence-corrected chi connectivity index (χ1v) is 26.8. The van der Waals surface area contributed by atoms with Gasteiger partial charge >= 0.3 is 17.9 Å². The molecule has 0 fully saturated rings. The van der Waals surface area contributed by atoms with Crippen LogP contribution in [0.2, 0.25) is 0 Å². The molecule has 0 N–H and O–H groups in total. The van der Waals surface area contributed by atoms with Crippen LogP contribution in [0.3, 0.4) is 0 Å². The van der Waals surface area contributed by atoms with Crippen molar-refractivity contribution in [2.75, 3.05) is 13.2 Å². The Hall–Kier alpha value is -2.11. The first-order chi connectivity index (χ1) is 30.0. The average molecular weight is 859 g/mol. The third kappa shape index (κ3) is 48.8. The summed E-state index contributed by atoms with van der Waals surface area (Å²) in [5, 5.41) is 0. The van der Waals surface area contributed by atoms with Crippen molar-refractivity contribution < 1.29 is 28.6 Å². The lowest BCUT2D eigenvalue weighted by Crippen LogP contribution is -2.30. The molecule has 0 heterocycles. The van der Waals surface area contributed by atoms with E-state index in [-0.39, 0.29) is 31.1 Å². The van der Waals surface area contributed by atoms with E-state index in [4.69, 9.17) is 14.2 Å². The topological polar surface area (TPSA) is 78.9 Å². The van der Waals surface area contributed by atoms with Crippen LogP contribution >= 0.6 is 0 Å². The second kappa shape index (κ2) is 50.5. The maximum atomic E-state index is 12.8. The van der Waals surface area contributed by atoms with Gasteiger partial charge in [-0.2, -0.15) is 0 Å². The molecule has 0 rings (SSSR count). The predicted molar refractivity (Wildman–Crippen MR) is 261 cm³/mol. The lowest BCUT2D eigenvalue weighted by molar-refractivity contribution is -0.167. The van der Waals surface area contributed by atoms with Crippen molar-refractivity contribution in [1.82, 2.24) is 0 Å². The highest BCUT2D eigenvalue weighted by atomic mass is 16.6. The molecule has 61 heavy (non-hydrogen) atoms. The van der Waals surface area contributed by atoms with Crippen molar-refractivity contribution in [3.05, 3.63) is 24.3 Å². The van der Waals surface area contributed by atoms with Gasteiger partial charge in [0.1, 0.15) is 13.2 Å². The molecule has 358 valence electrons. The average Bonchev–Trinajstić information content (AvgIpc) is 3.26. The SMILES string of the molecule is CCCCCCCCC/C=C\CCCCCCCCCC(=O)OCC(COC(=O)CCCCCCCCC)OC(=O)CCCCCCCCC/C=C\CCCCCCCCC. The Labute approximate surface area is 379 Å². The first kappa shape index (κ1) is 58.9. The van der Waals surface area contributed by atoms with Gasteiger partial charge in [-0.25, -0.2) is 0 Å². The molecule has 6 heteroatoms. The van der Waals surface area contributed by atoms with E-state index < -0.39 is 6.10 Å². The minimum absolute atomic E-state index is 0.0718. The Bertz CT molecular complexity index is 989. The third-order valence-electron chi connectivity index (χ3n) is 11.9. The normalized spacial score (nSPS) is 12.1. The van der Waals surface area contributed by atoms with E-state index in [0.29, 0.717) is 19.3 Å². The Morgan fingerprint density at radius 2 is 0.541 bits per heavy atom. The van der Waals surface area contributed by atoms with Crippen LogP contribution in [-0.4, -0.2) is 37.2 Å². The number of carbonyl (C=O) groups is 3. The van der Waals surface area contributed by atoms with Gasteiger partial charge < -0.3 is 14.2 Å². The van der Waals surface area contributed by atoms with Gasteiger partial charge in [0.25, 0.3) is 0 Å². The summed E-state index contributed by atoms with van der Waals surface area (Å²) in [6, 6.07) is 0. The lowest BCUT2D eigenvalue weighted by atomic mass is 10.1. The molecule has 0 saturated carbocycles. The van der Waals surface area contributed by atoms with Gasteiger partial charge in [-0.3, -0.25) is 14.4 Å². The monoisotopic (exact) mass is 859 g/mol. The number of esters is 3. The standard InChI is InChI=1S/C55H102O6/c1-4-7-10-13-16-18-20-22-24-26-28-30-32-34-36-39-42-45-48-54(57)60-51-52(50-59-53(56)47-44-41-38-15-12-9-6-3)61-55(58)49-46-43-40-37-35-33-31-29-27-25-23-21-19-17-14-11-8-5-2/h24-27,52H,4-23,28-51H2,1-3H3/b26-24-,27-25-. The van der Waals surface area contributed by atoms with Crippen molar-refractivity contribution in [2.45, 2.75) is 297 Å². The van der Waals surface area contributed by atoms with Gasteiger partial charge in [0.15, 0.2) is 6.10 Å². The van der Waals surface area contributed by atoms with E-state index in [9.17, 15) is 14.4 Å². The van der Waals surface area contributed by atoms with Crippen molar-refractivity contribution in [1.29, 1.82) is 0 Å². The predicted octanol–water partition coefficient (Wildman–Crippen LogP) is 17.5. The zero-order valence-corrected chi connectivity index (χ0v) is 40.9. The number of carbonyl (C=O) groups excluding carboxylic acids is 3. The molecule has 1 unspecified atom stereocenters. The highest BCUT2D eigenvalue weighted by Gasteiger charge is 2.19. The Balaban J connectivity index is 4.22. The van der Waals surface area contributed by atoms with Crippen LogP contribution in [0, 0.1) is 0 Å². The number of ether oxygens (including phenoxy) is 3. The second-order valence-electron chi connectivity index (χ2n) is 18.1. The van der Waals surface area contributed by atoms with Crippen molar-refractivity contribution >= 4 is 17.9 Å². The molecule has 0 bridgehead atoms. The van der Waals surface area contributed by atoms with Gasteiger partial charge in [-0.15, -0.1) is 0 Å². The minimum atomic E-state index is -0.769. The molecule has 0 saturated heterocycles. The van der Waals surface area contributed by atoms with Crippen LogP contribution < -0.4 is 0 Å². The van der Waals surface area contributed by atoms with E-state index in [1.165, 1.54) is 193 Å². The fraction of sp³-hybridized carbons (Fsp3) is 0.873. The summed E-state index contributed by atoms with van der Waals surface area (Å²) in [5.41, 5.74) is 0. The largest absolute Gasteiger partial charge is 0.462 e. The summed E-state index contributed by atoms with van der Waals surface area (Å²) in [6.07, 6.45) is 57.5.